The van der Waals surface area contributed by atoms with E-state index in [2.05, 4.69) is 15.3 Å². The molecule has 5 aromatic rings. The van der Waals surface area contributed by atoms with Gasteiger partial charge in [0.15, 0.2) is 5.69 Å². The molecular weight excluding hydrogens is 557 g/mol. The summed E-state index contributed by atoms with van der Waals surface area (Å²) in [6, 6.07) is 13.6. The molecule has 0 fully saturated rings. The van der Waals surface area contributed by atoms with Crippen LogP contribution in [0.25, 0.3) is 22.0 Å². The van der Waals surface area contributed by atoms with E-state index in [1.807, 2.05) is 19.1 Å². The molecule has 8 nitrogen and oxygen atoms in total. The lowest BCUT2D eigenvalue weighted by Crippen LogP contribution is -2.38. The van der Waals surface area contributed by atoms with Gasteiger partial charge < -0.3 is 9.88 Å². The molecule has 2 amide bonds. The van der Waals surface area contributed by atoms with Crippen molar-refractivity contribution in [2.75, 3.05) is 18.5 Å². The Labute approximate surface area is 245 Å². The summed E-state index contributed by atoms with van der Waals surface area (Å²) in [5, 5.41) is 3.43. The first-order valence-corrected chi connectivity index (χ1v) is 13.8. The summed E-state index contributed by atoms with van der Waals surface area (Å²) in [6.45, 7) is 2.50. The Hall–Kier alpha value is -5.06. The molecule has 0 aliphatic carbocycles. The summed E-state index contributed by atoms with van der Waals surface area (Å²) in [7, 11) is 1.55. The minimum Gasteiger partial charge on any atom is -0.355 e. The number of imidazole rings is 1. The van der Waals surface area contributed by atoms with Crippen LogP contribution in [-0.4, -0.2) is 44.9 Å². The first-order chi connectivity index (χ1) is 20.7. The van der Waals surface area contributed by atoms with Gasteiger partial charge in [-0.05, 0) is 77.6 Å². The SMILES string of the molecule is CCc1cc(C(=O)NC)c2nc(N3CCc4c(cc(Cn5ccnc5)cc4-c4cccnc4C(F)(F)F)C3=O)ccc2c1. The Kier molecular flexibility index (Phi) is 7.17. The number of nitrogens with zero attached hydrogens (tertiary/aromatic N) is 5. The molecule has 0 spiro atoms. The largest absolute Gasteiger partial charge is 0.433 e. The van der Waals surface area contributed by atoms with Gasteiger partial charge in [0.05, 0.1) is 17.4 Å². The molecule has 4 heterocycles. The summed E-state index contributed by atoms with van der Waals surface area (Å²) >= 11 is 0. The zero-order valence-corrected chi connectivity index (χ0v) is 23.4. The fourth-order valence-corrected chi connectivity index (χ4v) is 5.60. The van der Waals surface area contributed by atoms with Gasteiger partial charge in [-0.1, -0.05) is 13.0 Å². The van der Waals surface area contributed by atoms with Gasteiger partial charge in [0.1, 0.15) is 5.82 Å². The molecule has 11 heteroatoms. The van der Waals surface area contributed by atoms with Crippen LogP contribution in [0.3, 0.4) is 0 Å². The Balaban J connectivity index is 1.48. The van der Waals surface area contributed by atoms with E-state index in [0.29, 0.717) is 52.1 Å². The quantitative estimate of drug-likeness (QED) is 0.277. The van der Waals surface area contributed by atoms with Crippen LogP contribution >= 0.6 is 0 Å². The highest BCUT2D eigenvalue weighted by Gasteiger charge is 2.37. The van der Waals surface area contributed by atoms with Crippen molar-refractivity contribution in [2.45, 2.75) is 32.5 Å². The highest BCUT2D eigenvalue weighted by molar-refractivity contribution is 6.10. The van der Waals surface area contributed by atoms with Crippen molar-refractivity contribution < 1.29 is 22.8 Å². The zero-order chi connectivity index (χ0) is 30.3. The number of alkyl halides is 3. The first kappa shape index (κ1) is 28.1. The number of carbonyl (C=O) groups is 2. The first-order valence-electron chi connectivity index (χ1n) is 13.8. The molecule has 1 aliphatic rings. The summed E-state index contributed by atoms with van der Waals surface area (Å²) in [6.07, 6.45) is 2.42. The number of aryl methyl sites for hydroxylation is 1. The molecule has 0 bridgehead atoms. The highest BCUT2D eigenvalue weighted by atomic mass is 19.4. The summed E-state index contributed by atoms with van der Waals surface area (Å²) in [4.78, 5) is 40.8. The summed E-state index contributed by atoms with van der Waals surface area (Å²) in [5.41, 5.74) is 2.55. The second kappa shape index (κ2) is 11.0. The molecule has 0 unspecified atom stereocenters. The van der Waals surface area contributed by atoms with Gasteiger partial charge >= 0.3 is 6.18 Å². The minimum atomic E-state index is -4.68. The number of anilines is 1. The number of halogens is 3. The number of fused-ring (bicyclic) bond motifs is 2. The topological polar surface area (TPSA) is 93.0 Å². The monoisotopic (exact) mass is 584 g/mol. The van der Waals surface area contributed by atoms with Crippen LogP contribution in [-0.2, 0) is 25.6 Å². The summed E-state index contributed by atoms with van der Waals surface area (Å²) in [5.74, 6) is -0.312. The third-order valence-corrected chi connectivity index (χ3v) is 7.66. The van der Waals surface area contributed by atoms with E-state index in [-0.39, 0.29) is 23.9 Å². The highest BCUT2D eigenvalue weighted by Crippen LogP contribution is 2.40. The minimum absolute atomic E-state index is 0.0780. The predicted molar refractivity (Wildman–Crippen MR) is 156 cm³/mol. The number of pyridine rings is 2. The zero-order valence-electron chi connectivity index (χ0n) is 23.4. The standard InChI is InChI=1S/C32H27F3N6O2/c1-3-19-13-21-6-7-27(39-28(21)26(14-19)30(42)36-2)41-11-8-22-24(23-5-4-9-38-29(23)32(33,34)35)15-20(16-25(22)31(41)43)17-40-12-10-37-18-40/h4-7,9-10,12-16,18H,3,8,11,17H2,1-2H3,(H,36,42). The van der Waals surface area contributed by atoms with E-state index in [1.54, 1.807) is 54.6 Å². The Morgan fingerprint density at radius 2 is 1.84 bits per heavy atom. The van der Waals surface area contributed by atoms with E-state index in [1.165, 1.54) is 17.0 Å². The van der Waals surface area contributed by atoms with Gasteiger partial charge in [-0.15, -0.1) is 0 Å². The van der Waals surface area contributed by atoms with E-state index in [0.717, 1.165) is 23.6 Å². The maximum Gasteiger partial charge on any atom is 0.433 e. The number of benzene rings is 2. The number of aromatic nitrogens is 4. The number of carbonyl (C=O) groups excluding carboxylic acids is 2. The van der Waals surface area contributed by atoms with Crippen molar-refractivity contribution in [1.29, 1.82) is 0 Å². The van der Waals surface area contributed by atoms with E-state index in [9.17, 15) is 22.8 Å². The number of amides is 2. The Bertz CT molecular complexity index is 1870. The Morgan fingerprint density at radius 1 is 1.02 bits per heavy atom. The van der Waals surface area contributed by atoms with E-state index < -0.39 is 11.9 Å². The smallest absolute Gasteiger partial charge is 0.355 e. The molecule has 1 aliphatic heterocycles. The molecule has 43 heavy (non-hydrogen) atoms. The third-order valence-electron chi connectivity index (χ3n) is 7.66. The molecule has 3 aromatic heterocycles. The van der Waals surface area contributed by atoms with Crippen molar-refractivity contribution >= 4 is 28.5 Å². The average molecular weight is 585 g/mol. The van der Waals surface area contributed by atoms with Gasteiger partial charge in [0.25, 0.3) is 11.8 Å². The normalized spacial score (nSPS) is 13.3. The van der Waals surface area contributed by atoms with Crippen LogP contribution in [0.4, 0.5) is 19.0 Å². The van der Waals surface area contributed by atoms with Gasteiger partial charge in [-0.3, -0.25) is 19.5 Å². The van der Waals surface area contributed by atoms with Crippen LogP contribution in [0.1, 0.15) is 50.0 Å². The van der Waals surface area contributed by atoms with Crippen molar-refractivity contribution in [1.82, 2.24) is 24.8 Å². The van der Waals surface area contributed by atoms with Gasteiger partial charge in [-0.25, -0.2) is 9.97 Å². The van der Waals surface area contributed by atoms with Crippen molar-refractivity contribution in [3.8, 4) is 11.1 Å². The Morgan fingerprint density at radius 3 is 2.56 bits per heavy atom. The molecule has 218 valence electrons. The molecule has 0 saturated carbocycles. The number of nitrogens with one attached hydrogen (secondary N) is 1. The van der Waals surface area contributed by atoms with Crippen LogP contribution in [0.2, 0.25) is 0 Å². The van der Waals surface area contributed by atoms with E-state index in [4.69, 9.17) is 4.98 Å². The molecule has 1 N–H and O–H groups in total. The molecule has 2 aromatic carbocycles. The fourth-order valence-electron chi connectivity index (χ4n) is 5.60. The van der Waals surface area contributed by atoms with E-state index >= 15 is 0 Å². The van der Waals surface area contributed by atoms with Crippen LogP contribution in [0.5, 0.6) is 0 Å². The van der Waals surface area contributed by atoms with Crippen molar-refractivity contribution in [2.24, 2.45) is 0 Å². The fraction of sp³-hybridized carbons (Fsp3) is 0.219. The second-order valence-corrected chi connectivity index (χ2v) is 10.3. The second-order valence-electron chi connectivity index (χ2n) is 10.3. The van der Waals surface area contributed by atoms with Crippen LogP contribution in [0.15, 0.2) is 73.4 Å². The van der Waals surface area contributed by atoms with Gasteiger partial charge in [0, 0.05) is 55.2 Å². The third kappa shape index (κ3) is 5.22. The lowest BCUT2D eigenvalue weighted by atomic mass is 9.87. The van der Waals surface area contributed by atoms with Crippen molar-refractivity contribution in [3.63, 3.8) is 0 Å². The number of hydrogen-bond donors (Lipinski definition) is 1. The lowest BCUT2D eigenvalue weighted by molar-refractivity contribution is -0.140. The average Bonchev–Trinajstić information content (AvgIpc) is 3.52. The lowest BCUT2D eigenvalue weighted by Gasteiger charge is -2.30. The molecule has 6 rings (SSSR count). The molecule has 0 saturated heterocycles. The number of rotatable bonds is 6. The maximum absolute atomic E-state index is 14.1. The maximum atomic E-state index is 14.1. The molecule has 0 atom stereocenters. The van der Waals surface area contributed by atoms with Crippen molar-refractivity contribution in [3.05, 3.63) is 107 Å². The van der Waals surface area contributed by atoms with Crippen LogP contribution < -0.4 is 10.2 Å². The predicted octanol–water partition coefficient (Wildman–Crippen LogP) is 5.69. The molecule has 0 radical (unpaired) electrons. The number of hydrogen-bond acceptors (Lipinski definition) is 5. The molecular formula is C32H27F3N6O2. The van der Waals surface area contributed by atoms with Gasteiger partial charge in [0.2, 0.25) is 0 Å². The van der Waals surface area contributed by atoms with Gasteiger partial charge in [-0.2, -0.15) is 13.2 Å². The summed E-state index contributed by atoms with van der Waals surface area (Å²) < 4.78 is 43.9. The van der Waals surface area contributed by atoms with Crippen LogP contribution in [0, 0.1) is 0 Å².